The summed E-state index contributed by atoms with van der Waals surface area (Å²) in [4.78, 5) is 14.5. The number of hydrogen-bond donors (Lipinski definition) is 1. The molecule has 1 aliphatic rings. The summed E-state index contributed by atoms with van der Waals surface area (Å²) in [6.07, 6.45) is 4.25. The van der Waals surface area contributed by atoms with E-state index in [-0.39, 0.29) is 17.6 Å². The van der Waals surface area contributed by atoms with Crippen molar-refractivity contribution < 1.29 is 19.4 Å². The fourth-order valence-electron chi connectivity index (χ4n) is 3.24. The number of carbonyl (C=O) groups excluding carboxylic acids is 1. The molecule has 0 fully saturated rings. The number of rotatable bonds is 5. The van der Waals surface area contributed by atoms with Crippen molar-refractivity contribution in [2.75, 3.05) is 20.8 Å². The van der Waals surface area contributed by atoms with E-state index in [1.165, 1.54) is 0 Å². The van der Waals surface area contributed by atoms with Gasteiger partial charge < -0.3 is 19.5 Å². The average Bonchev–Trinajstić information content (AvgIpc) is 2.67. The van der Waals surface area contributed by atoms with Gasteiger partial charge in [-0.3, -0.25) is 4.79 Å². The maximum atomic E-state index is 12.4. The van der Waals surface area contributed by atoms with Crippen molar-refractivity contribution in [3.63, 3.8) is 0 Å². The molecule has 0 bridgehead atoms. The van der Waals surface area contributed by atoms with E-state index in [1.807, 2.05) is 12.3 Å². The van der Waals surface area contributed by atoms with Crippen LogP contribution in [0.2, 0.25) is 0 Å². The predicted octanol–water partition coefficient (Wildman–Crippen LogP) is 3.73. The molecule has 2 aromatic carbocycles. The lowest BCUT2D eigenvalue weighted by Crippen LogP contribution is -2.29. The molecule has 26 heavy (non-hydrogen) atoms. The van der Waals surface area contributed by atoms with Gasteiger partial charge in [-0.1, -0.05) is 0 Å². The summed E-state index contributed by atoms with van der Waals surface area (Å²) in [5.41, 5.74) is 2.84. The second kappa shape index (κ2) is 7.52. The number of carbonyl (C=O) groups is 1. The number of hydrogen-bond acceptors (Lipinski definition) is 5. The lowest BCUT2D eigenvalue weighted by Gasteiger charge is -2.34. The standard InChI is InChI=1S/C21H23NO4/c1-14-18-13-21(26-3)20(24)12-16(18)8-10-22(14)11-9-19(23)15-4-6-17(25-2)7-5-15/h4-7,9,11-14,24H,8,10H2,1-3H3. The number of ketones is 1. The van der Waals surface area contributed by atoms with Crippen LogP contribution in [0.1, 0.15) is 34.5 Å². The molecule has 1 heterocycles. The highest BCUT2D eigenvalue weighted by Gasteiger charge is 2.23. The van der Waals surface area contributed by atoms with Crippen LogP contribution in [0.4, 0.5) is 0 Å². The average molecular weight is 353 g/mol. The van der Waals surface area contributed by atoms with Gasteiger partial charge in [0.15, 0.2) is 17.3 Å². The molecule has 0 aliphatic carbocycles. The lowest BCUT2D eigenvalue weighted by molar-refractivity contribution is 0.104. The summed E-state index contributed by atoms with van der Waals surface area (Å²) in [6.45, 7) is 2.86. The zero-order valence-corrected chi connectivity index (χ0v) is 15.2. The molecule has 1 unspecified atom stereocenters. The normalized spacial score (nSPS) is 16.4. The molecule has 2 aromatic rings. The van der Waals surface area contributed by atoms with Crippen LogP contribution in [0, 0.1) is 0 Å². The minimum absolute atomic E-state index is 0.0473. The van der Waals surface area contributed by atoms with Gasteiger partial charge in [0.2, 0.25) is 0 Å². The van der Waals surface area contributed by atoms with Gasteiger partial charge in [0.05, 0.1) is 20.3 Å². The van der Waals surface area contributed by atoms with Crippen molar-refractivity contribution in [2.45, 2.75) is 19.4 Å². The first-order valence-electron chi connectivity index (χ1n) is 8.55. The summed E-state index contributed by atoms with van der Waals surface area (Å²) in [7, 11) is 3.14. The topological polar surface area (TPSA) is 59.0 Å². The van der Waals surface area contributed by atoms with E-state index in [0.29, 0.717) is 11.3 Å². The molecular formula is C21H23NO4. The number of allylic oxidation sites excluding steroid dienone is 1. The van der Waals surface area contributed by atoms with Crippen LogP contribution in [-0.4, -0.2) is 36.6 Å². The molecule has 0 radical (unpaired) electrons. The first kappa shape index (κ1) is 17.9. The summed E-state index contributed by atoms with van der Waals surface area (Å²) in [5, 5.41) is 9.95. The second-order valence-corrected chi connectivity index (χ2v) is 6.30. The van der Waals surface area contributed by atoms with Crippen LogP contribution in [0.15, 0.2) is 48.7 Å². The lowest BCUT2D eigenvalue weighted by atomic mass is 9.93. The van der Waals surface area contributed by atoms with Crippen molar-refractivity contribution in [1.29, 1.82) is 0 Å². The number of benzene rings is 2. The summed E-state index contributed by atoms with van der Waals surface area (Å²) in [6, 6.07) is 10.8. The Bertz CT molecular complexity index is 827. The van der Waals surface area contributed by atoms with Crippen LogP contribution in [0.3, 0.4) is 0 Å². The SMILES string of the molecule is COc1ccc(C(=O)C=CN2CCc3cc(O)c(OC)cc3C2C)cc1. The fraction of sp³-hybridized carbons (Fsp3) is 0.286. The van der Waals surface area contributed by atoms with Crippen molar-refractivity contribution in [2.24, 2.45) is 0 Å². The third-order valence-electron chi connectivity index (χ3n) is 4.82. The first-order chi connectivity index (χ1) is 12.5. The molecule has 0 saturated carbocycles. The van der Waals surface area contributed by atoms with Crippen LogP contribution in [0.5, 0.6) is 17.2 Å². The Kier molecular flexibility index (Phi) is 5.16. The van der Waals surface area contributed by atoms with Crippen LogP contribution in [-0.2, 0) is 6.42 Å². The smallest absolute Gasteiger partial charge is 0.187 e. The Labute approximate surface area is 153 Å². The largest absolute Gasteiger partial charge is 0.504 e. The first-order valence-corrected chi connectivity index (χ1v) is 8.55. The molecule has 0 aromatic heterocycles. The van der Waals surface area contributed by atoms with E-state index in [0.717, 1.165) is 29.8 Å². The third kappa shape index (κ3) is 3.52. The van der Waals surface area contributed by atoms with Crippen molar-refractivity contribution in [3.8, 4) is 17.2 Å². The van der Waals surface area contributed by atoms with Gasteiger partial charge in [-0.25, -0.2) is 0 Å². The molecule has 0 amide bonds. The number of aromatic hydroxyl groups is 1. The number of methoxy groups -OCH3 is 2. The Morgan fingerprint density at radius 2 is 1.92 bits per heavy atom. The van der Waals surface area contributed by atoms with Gasteiger partial charge in [-0.05, 0) is 60.9 Å². The van der Waals surface area contributed by atoms with E-state index in [4.69, 9.17) is 9.47 Å². The molecule has 1 atom stereocenters. The molecule has 0 saturated heterocycles. The van der Waals surface area contributed by atoms with Crippen LogP contribution in [0.25, 0.3) is 0 Å². The Morgan fingerprint density at radius 1 is 1.19 bits per heavy atom. The Morgan fingerprint density at radius 3 is 2.58 bits per heavy atom. The number of phenolic OH excluding ortho intramolecular Hbond substituents is 1. The van der Waals surface area contributed by atoms with E-state index in [9.17, 15) is 9.90 Å². The predicted molar refractivity (Wildman–Crippen MR) is 99.9 cm³/mol. The van der Waals surface area contributed by atoms with Crippen molar-refractivity contribution in [1.82, 2.24) is 4.90 Å². The second-order valence-electron chi connectivity index (χ2n) is 6.30. The van der Waals surface area contributed by atoms with Gasteiger partial charge in [0, 0.05) is 24.4 Å². The zero-order chi connectivity index (χ0) is 18.7. The zero-order valence-electron chi connectivity index (χ0n) is 15.2. The summed E-state index contributed by atoms with van der Waals surface area (Å²) >= 11 is 0. The van der Waals surface area contributed by atoms with Gasteiger partial charge in [-0.15, -0.1) is 0 Å². The highest BCUT2D eigenvalue weighted by molar-refractivity contribution is 6.04. The third-order valence-corrected chi connectivity index (χ3v) is 4.82. The molecule has 136 valence electrons. The molecule has 5 heteroatoms. The maximum Gasteiger partial charge on any atom is 0.187 e. The number of fused-ring (bicyclic) bond motifs is 1. The molecule has 1 aliphatic heterocycles. The molecule has 3 rings (SSSR count). The summed E-state index contributed by atoms with van der Waals surface area (Å²) < 4.78 is 10.3. The van der Waals surface area contributed by atoms with E-state index < -0.39 is 0 Å². The van der Waals surface area contributed by atoms with Gasteiger partial charge >= 0.3 is 0 Å². The van der Waals surface area contributed by atoms with Gasteiger partial charge in [0.25, 0.3) is 0 Å². The minimum atomic E-state index is -0.0473. The minimum Gasteiger partial charge on any atom is -0.504 e. The maximum absolute atomic E-state index is 12.4. The molecule has 5 nitrogen and oxygen atoms in total. The van der Waals surface area contributed by atoms with Crippen LogP contribution >= 0.6 is 0 Å². The highest BCUT2D eigenvalue weighted by Crippen LogP contribution is 2.37. The van der Waals surface area contributed by atoms with Crippen molar-refractivity contribution >= 4 is 5.78 Å². The fourth-order valence-corrected chi connectivity index (χ4v) is 3.24. The van der Waals surface area contributed by atoms with E-state index >= 15 is 0 Å². The van der Waals surface area contributed by atoms with Crippen molar-refractivity contribution in [3.05, 3.63) is 65.4 Å². The quantitative estimate of drug-likeness (QED) is 0.656. The Hall–Kier alpha value is -2.95. The van der Waals surface area contributed by atoms with E-state index in [2.05, 4.69) is 11.8 Å². The van der Waals surface area contributed by atoms with E-state index in [1.54, 1.807) is 50.6 Å². The Balaban J connectivity index is 1.76. The number of phenols is 1. The summed E-state index contributed by atoms with van der Waals surface area (Å²) in [5.74, 6) is 1.31. The van der Waals surface area contributed by atoms with Crippen LogP contribution < -0.4 is 9.47 Å². The molecular weight excluding hydrogens is 330 g/mol. The van der Waals surface area contributed by atoms with Gasteiger partial charge in [0.1, 0.15) is 5.75 Å². The monoisotopic (exact) mass is 353 g/mol. The highest BCUT2D eigenvalue weighted by atomic mass is 16.5. The molecule has 0 spiro atoms. The number of ether oxygens (including phenoxy) is 2. The molecule has 1 N–H and O–H groups in total. The van der Waals surface area contributed by atoms with Gasteiger partial charge in [-0.2, -0.15) is 0 Å². The number of nitrogens with zero attached hydrogens (tertiary/aromatic N) is 1.